The largest absolute Gasteiger partial charge is 0.497 e. The van der Waals surface area contributed by atoms with E-state index >= 15 is 0 Å². The molecule has 2 aromatic rings. The molecular weight excluding hydrogens is 246 g/mol. The summed E-state index contributed by atoms with van der Waals surface area (Å²) in [5.41, 5.74) is 0.999. The second kappa shape index (κ2) is 5.99. The number of ether oxygens (including phenoxy) is 1. The van der Waals surface area contributed by atoms with Gasteiger partial charge in [0.25, 0.3) is 0 Å². The molecular formula is C13H15N3O3. The first kappa shape index (κ1) is 13.1. The van der Waals surface area contributed by atoms with Gasteiger partial charge in [-0.1, -0.05) is 17.3 Å². The van der Waals surface area contributed by atoms with Gasteiger partial charge in [0.15, 0.2) is 5.82 Å². The first-order valence-corrected chi connectivity index (χ1v) is 5.86. The van der Waals surface area contributed by atoms with Gasteiger partial charge in [0.2, 0.25) is 11.8 Å². The van der Waals surface area contributed by atoms with Gasteiger partial charge in [0.1, 0.15) is 5.75 Å². The van der Waals surface area contributed by atoms with Crippen LogP contribution in [0.3, 0.4) is 0 Å². The van der Waals surface area contributed by atoms with Gasteiger partial charge in [-0.2, -0.15) is 4.98 Å². The standard InChI is InChI=1S/C13H15N3O3/c1-9-15-12(16-19-9)7-13(17)14-8-10-3-5-11(18-2)6-4-10/h3-6H,7-8H2,1-2H3,(H,14,17). The molecule has 0 saturated carbocycles. The van der Waals surface area contributed by atoms with Crippen LogP contribution in [0, 0.1) is 6.92 Å². The van der Waals surface area contributed by atoms with Crippen molar-refractivity contribution in [2.24, 2.45) is 0 Å². The Morgan fingerprint density at radius 2 is 2.11 bits per heavy atom. The number of hydrogen-bond acceptors (Lipinski definition) is 5. The molecule has 0 unspecified atom stereocenters. The van der Waals surface area contributed by atoms with Crippen LogP contribution in [0.1, 0.15) is 17.3 Å². The summed E-state index contributed by atoms with van der Waals surface area (Å²) in [4.78, 5) is 15.6. The molecule has 100 valence electrons. The molecule has 0 aliphatic heterocycles. The molecule has 0 spiro atoms. The van der Waals surface area contributed by atoms with Gasteiger partial charge in [-0.15, -0.1) is 0 Å². The number of aromatic nitrogens is 2. The summed E-state index contributed by atoms with van der Waals surface area (Å²) in [5, 5.41) is 6.46. The Morgan fingerprint density at radius 1 is 1.37 bits per heavy atom. The summed E-state index contributed by atoms with van der Waals surface area (Å²) >= 11 is 0. The van der Waals surface area contributed by atoms with E-state index in [0.29, 0.717) is 18.3 Å². The van der Waals surface area contributed by atoms with Crippen LogP contribution in [0.5, 0.6) is 5.75 Å². The lowest BCUT2D eigenvalue weighted by molar-refractivity contribution is -0.120. The second-order valence-electron chi connectivity index (χ2n) is 4.03. The van der Waals surface area contributed by atoms with Gasteiger partial charge in [-0.25, -0.2) is 0 Å². The molecule has 2 rings (SSSR count). The topological polar surface area (TPSA) is 77.2 Å². The fourth-order valence-electron chi connectivity index (χ4n) is 1.56. The molecule has 0 fully saturated rings. The number of carbonyl (C=O) groups is 1. The number of nitrogens with zero attached hydrogens (tertiary/aromatic N) is 2. The maximum Gasteiger partial charge on any atom is 0.228 e. The molecule has 0 aliphatic carbocycles. The lowest BCUT2D eigenvalue weighted by Gasteiger charge is -2.05. The lowest BCUT2D eigenvalue weighted by atomic mass is 10.2. The van der Waals surface area contributed by atoms with Crippen LogP contribution in [-0.4, -0.2) is 23.2 Å². The smallest absolute Gasteiger partial charge is 0.228 e. The summed E-state index contributed by atoms with van der Waals surface area (Å²) in [6, 6.07) is 7.50. The Hall–Kier alpha value is -2.37. The highest BCUT2D eigenvalue weighted by atomic mass is 16.5. The molecule has 0 radical (unpaired) electrons. The first-order valence-electron chi connectivity index (χ1n) is 5.86. The Balaban J connectivity index is 1.82. The molecule has 1 amide bonds. The maximum absolute atomic E-state index is 11.7. The molecule has 6 nitrogen and oxygen atoms in total. The minimum absolute atomic E-state index is 0.119. The summed E-state index contributed by atoms with van der Waals surface area (Å²) in [7, 11) is 1.61. The quantitative estimate of drug-likeness (QED) is 0.876. The van der Waals surface area contributed by atoms with Crippen molar-refractivity contribution >= 4 is 5.91 Å². The van der Waals surface area contributed by atoms with E-state index in [1.54, 1.807) is 14.0 Å². The van der Waals surface area contributed by atoms with Crippen LogP contribution in [0.15, 0.2) is 28.8 Å². The monoisotopic (exact) mass is 261 g/mol. The Kier molecular flexibility index (Phi) is 4.12. The van der Waals surface area contributed by atoms with Crippen LogP contribution in [0.25, 0.3) is 0 Å². The Morgan fingerprint density at radius 3 is 2.68 bits per heavy atom. The zero-order valence-electron chi connectivity index (χ0n) is 10.8. The minimum atomic E-state index is -0.142. The van der Waals surface area contributed by atoms with Crippen molar-refractivity contribution in [2.75, 3.05) is 7.11 Å². The van der Waals surface area contributed by atoms with Gasteiger partial charge < -0.3 is 14.6 Å². The lowest BCUT2D eigenvalue weighted by Crippen LogP contribution is -2.24. The van der Waals surface area contributed by atoms with E-state index in [1.165, 1.54) is 0 Å². The average molecular weight is 261 g/mol. The number of nitrogens with one attached hydrogen (secondary N) is 1. The SMILES string of the molecule is COc1ccc(CNC(=O)Cc2noc(C)n2)cc1. The van der Waals surface area contributed by atoms with E-state index in [0.717, 1.165) is 11.3 Å². The molecule has 0 saturated heterocycles. The molecule has 1 aromatic heterocycles. The van der Waals surface area contributed by atoms with E-state index in [1.807, 2.05) is 24.3 Å². The number of benzene rings is 1. The molecule has 0 bridgehead atoms. The predicted molar refractivity (Wildman–Crippen MR) is 67.6 cm³/mol. The van der Waals surface area contributed by atoms with Gasteiger partial charge >= 0.3 is 0 Å². The summed E-state index contributed by atoms with van der Waals surface area (Å²) in [6.45, 7) is 2.14. The number of rotatable bonds is 5. The number of hydrogen-bond donors (Lipinski definition) is 1. The summed E-state index contributed by atoms with van der Waals surface area (Å²) in [5.74, 6) is 1.50. The third-order valence-corrected chi connectivity index (χ3v) is 2.54. The fourth-order valence-corrected chi connectivity index (χ4v) is 1.56. The van der Waals surface area contributed by atoms with Gasteiger partial charge in [0.05, 0.1) is 13.5 Å². The second-order valence-corrected chi connectivity index (χ2v) is 4.03. The van der Waals surface area contributed by atoms with Crippen LogP contribution in [0.2, 0.25) is 0 Å². The maximum atomic E-state index is 11.7. The van der Waals surface area contributed by atoms with Crippen molar-refractivity contribution in [1.29, 1.82) is 0 Å². The Labute approximate surface area is 110 Å². The third kappa shape index (κ3) is 3.80. The Bertz CT molecular complexity index is 549. The number of amides is 1. The van der Waals surface area contributed by atoms with Crippen LogP contribution < -0.4 is 10.1 Å². The van der Waals surface area contributed by atoms with Crippen molar-refractivity contribution in [2.45, 2.75) is 19.9 Å². The number of carbonyl (C=O) groups excluding carboxylic acids is 1. The van der Waals surface area contributed by atoms with Crippen molar-refractivity contribution in [3.8, 4) is 5.75 Å². The highest BCUT2D eigenvalue weighted by Gasteiger charge is 2.08. The molecule has 0 atom stereocenters. The van der Waals surface area contributed by atoms with Crippen molar-refractivity contribution in [3.05, 3.63) is 41.5 Å². The van der Waals surface area contributed by atoms with E-state index in [4.69, 9.17) is 9.26 Å². The highest BCUT2D eigenvalue weighted by molar-refractivity contribution is 5.77. The minimum Gasteiger partial charge on any atom is -0.497 e. The predicted octanol–water partition coefficient (Wildman–Crippen LogP) is 1.25. The molecule has 6 heteroatoms. The summed E-state index contributed by atoms with van der Waals surface area (Å²) in [6.07, 6.45) is 0.119. The van der Waals surface area contributed by atoms with Crippen LogP contribution in [-0.2, 0) is 17.8 Å². The molecule has 19 heavy (non-hydrogen) atoms. The van der Waals surface area contributed by atoms with Crippen LogP contribution in [0.4, 0.5) is 0 Å². The van der Waals surface area contributed by atoms with Gasteiger partial charge in [0, 0.05) is 13.5 Å². The molecule has 1 heterocycles. The molecule has 1 N–H and O–H groups in total. The molecule has 0 aliphatic rings. The third-order valence-electron chi connectivity index (χ3n) is 2.54. The number of aryl methyl sites for hydroxylation is 1. The first-order chi connectivity index (χ1) is 9.17. The fraction of sp³-hybridized carbons (Fsp3) is 0.308. The van der Waals surface area contributed by atoms with E-state index in [9.17, 15) is 4.79 Å². The zero-order valence-corrected chi connectivity index (χ0v) is 10.8. The van der Waals surface area contributed by atoms with Crippen molar-refractivity contribution in [1.82, 2.24) is 15.5 Å². The van der Waals surface area contributed by atoms with Gasteiger partial charge in [-0.05, 0) is 17.7 Å². The van der Waals surface area contributed by atoms with E-state index in [-0.39, 0.29) is 12.3 Å². The van der Waals surface area contributed by atoms with E-state index in [2.05, 4.69) is 15.5 Å². The normalized spacial score (nSPS) is 10.2. The van der Waals surface area contributed by atoms with Crippen molar-refractivity contribution < 1.29 is 14.1 Å². The van der Waals surface area contributed by atoms with Crippen molar-refractivity contribution in [3.63, 3.8) is 0 Å². The number of methoxy groups -OCH3 is 1. The van der Waals surface area contributed by atoms with E-state index < -0.39 is 0 Å². The highest BCUT2D eigenvalue weighted by Crippen LogP contribution is 2.10. The average Bonchev–Trinajstić information content (AvgIpc) is 2.82. The van der Waals surface area contributed by atoms with Crippen LogP contribution >= 0.6 is 0 Å². The van der Waals surface area contributed by atoms with Gasteiger partial charge in [-0.3, -0.25) is 4.79 Å². The molecule has 1 aromatic carbocycles. The summed E-state index contributed by atoms with van der Waals surface area (Å²) < 4.78 is 9.86. The zero-order chi connectivity index (χ0) is 13.7.